The fraction of sp³-hybridized carbons (Fsp3) is 0.667. The largest absolute Gasteiger partial charge is 0.376 e. The molecule has 7 heteroatoms. The zero-order valence-corrected chi connectivity index (χ0v) is 17.9. The summed E-state index contributed by atoms with van der Waals surface area (Å²) in [5, 5.41) is 2.97. The zero-order chi connectivity index (χ0) is 20.4. The summed E-state index contributed by atoms with van der Waals surface area (Å²) in [5.41, 5.74) is 1.09. The zero-order valence-electron chi connectivity index (χ0n) is 17.1. The third-order valence-electron chi connectivity index (χ3n) is 5.71. The Balaban J connectivity index is 1.55. The number of hydrogen-bond acceptors (Lipinski definition) is 4. The Labute approximate surface area is 168 Å². The molecule has 0 spiro atoms. The van der Waals surface area contributed by atoms with Gasteiger partial charge in [0.25, 0.3) is 0 Å². The molecule has 2 aliphatic rings. The number of hydrogen-bond donors (Lipinski definition) is 1. The lowest BCUT2D eigenvalue weighted by molar-refractivity contribution is -0.126. The normalized spacial score (nSPS) is 22.3. The first-order valence-electron chi connectivity index (χ1n) is 10.2. The van der Waals surface area contributed by atoms with Crippen molar-refractivity contribution in [1.29, 1.82) is 0 Å². The van der Waals surface area contributed by atoms with Gasteiger partial charge in [-0.2, -0.15) is 4.31 Å². The molecule has 1 aromatic rings. The van der Waals surface area contributed by atoms with Gasteiger partial charge in [0.2, 0.25) is 15.9 Å². The van der Waals surface area contributed by atoms with Gasteiger partial charge in [-0.1, -0.05) is 32.9 Å². The number of piperidine rings is 1. The van der Waals surface area contributed by atoms with Crippen molar-refractivity contribution in [1.82, 2.24) is 9.62 Å². The number of rotatable bonds is 5. The van der Waals surface area contributed by atoms with E-state index in [9.17, 15) is 13.2 Å². The molecule has 3 rings (SSSR count). The molecule has 0 aliphatic carbocycles. The highest BCUT2D eigenvalue weighted by Gasteiger charge is 2.32. The van der Waals surface area contributed by atoms with Crippen LogP contribution in [0.2, 0.25) is 0 Å². The standard InChI is InChI=1S/C21H32N2O4S/c1-21(2,3)17-6-8-19(9-7-17)28(25,26)23-12-10-16(11-13-23)20(24)22-15-18-5-4-14-27-18/h6-9,16,18H,4-5,10-15H2,1-3H3,(H,22,24)/t18-/m0/s1. The van der Waals surface area contributed by atoms with Crippen molar-refractivity contribution in [2.45, 2.75) is 62.9 Å². The number of nitrogens with one attached hydrogen (secondary N) is 1. The minimum absolute atomic E-state index is 0.0158. The van der Waals surface area contributed by atoms with Gasteiger partial charge in [-0.25, -0.2) is 8.42 Å². The quantitative estimate of drug-likeness (QED) is 0.813. The first-order chi connectivity index (χ1) is 13.2. The van der Waals surface area contributed by atoms with E-state index in [1.54, 1.807) is 12.1 Å². The summed E-state index contributed by atoms with van der Waals surface area (Å²) in [5.74, 6) is -0.113. The number of ether oxygens (including phenoxy) is 1. The van der Waals surface area contributed by atoms with Gasteiger partial charge in [-0.15, -0.1) is 0 Å². The molecule has 1 amide bonds. The number of benzene rings is 1. The highest BCUT2D eigenvalue weighted by Crippen LogP contribution is 2.27. The molecule has 2 saturated heterocycles. The maximum atomic E-state index is 12.9. The maximum absolute atomic E-state index is 12.9. The van der Waals surface area contributed by atoms with Crippen molar-refractivity contribution in [2.75, 3.05) is 26.2 Å². The molecule has 2 heterocycles. The van der Waals surface area contributed by atoms with Gasteiger partial charge in [-0.05, 0) is 48.8 Å². The monoisotopic (exact) mass is 408 g/mol. The Hall–Kier alpha value is -1.44. The summed E-state index contributed by atoms with van der Waals surface area (Å²) in [6.45, 7) is 8.38. The van der Waals surface area contributed by atoms with Crippen molar-refractivity contribution >= 4 is 15.9 Å². The predicted molar refractivity (Wildman–Crippen MR) is 109 cm³/mol. The summed E-state index contributed by atoms with van der Waals surface area (Å²) in [6.07, 6.45) is 3.27. The molecule has 2 aliphatic heterocycles. The first-order valence-corrected chi connectivity index (χ1v) is 11.6. The van der Waals surface area contributed by atoms with Crippen LogP contribution in [-0.2, 0) is 25.0 Å². The molecule has 0 aromatic heterocycles. The average molecular weight is 409 g/mol. The second-order valence-corrected chi connectivity index (χ2v) is 10.8. The van der Waals surface area contributed by atoms with Crippen molar-refractivity contribution < 1.29 is 17.9 Å². The van der Waals surface area contributed by atoms with E-state index in [2.05, 4.69) is 26.1 Å². The van der Waals surface area contributed by atoms with Crippen molar-refractivity contribution in [2.24, 2.45) is 5.92 Å². The lowest BCUT2D eigenvalue weighted by atomic mass is 9.87. The van der Waals surface area contributed by atoms with Crippen LogP contribution in [0.3, 0.4) is 0 Å². The van der Waals surface area contributed by atoms with Crippen molar-refractivity contribution in [3.63, 3.8) is 0 Å². The van der Waals surface area contributed by atoms with Crippen LogP contribution in [0.15, 0.2) is 29.2 Å². The molecule has 156 valence electrons. The first kappa shape index (κ1) is 21.3. The predicted octanol–water partition coefficient (Wildman–Crippen LogP) is 2.68. The van der Waals surface area contributed by atoms with Gasteiger partial charge in [0.1, 0.15) is 0 Å². The number of sulfonamides is 1. The van der Waals surface area contributed by atoms with E-state index in [0.29, 0.717) is 37.4 Å². The van der Waals surface area contributed by atoms with E-state index in [4.69, 9.17) is 4.74 Å². The van der Waals surface area contributed by atoms with Gasteiger partial charge in [-0.3, -0.25) is 4.79 Å². The Kier molecular flexibility index (Phi) is 6.47. The summed E-state index contributed by atoms with van der Waals surface area (Å²) < 4.78 is 32.9. The molecular formula is C21H32N2O4S. The van der Waals surface area contributed by atoms with Crippen molar-refractivity contribution in [3.05, 3.63) is 29.8 Å². The average Bonchev–Trinajstić information content (AvgIpc) is 3.19. The van der Waals surface area contributed by atoms with E-state index in [0.717, 1.165) is 25.0 Å². The highest BCUT2D eigenvalue weighted by atomic mass is 32.2. The van der Waals surface area contributed by atoms with Gasteiger partial charge in [0, 0.05) is 32.2 Å². The van der Waals surface area contributed by atoms with E-state index >= 15 is 0 Å². The van der Waals surface area contributed by atoms with Gasteiger partial charge < -0.3 is 10.1 Å². The van der Waals surface area contributed by atoms with Crippen LogP contribution in [0.25, 0.3) is 0 Å². The Bertz CT molecular complexity index is 770. The Morgan fingerprint density at radius 2 is 1.79 bits per heavy atom. The number of carbonyl (C=O) groups excluding carboxylic acids is 1. The molecule has 1 N–H and O–H groups in total. The topological polar surface area (TPSA) is 75.7 Å². The molecule has 1 atom stereocenters. The minimum Gasteiger partial charge on any atom is -0.376 e. The summed E-state index contributed by atoms with van der Waals surface area (Å²) in [4.78, 5) is 12.7. The third kappa shape index (κ3) is 4.93. The van der Waals surface area contributed by atoms with E-state index < -0.39 is 10.0 Å². The van der Waals surface area contributed by atoms with Crippen LogP contribution in [0, 0.1) is 5.92 Å². The SMILES string of the molecule is CC(C)(C)c1ccc(S(=O)(=O)N2CCC(C(=O)NC[C@@H]3CCCO3)CC2)cc1. The van der Waals surface area contributed by atoms with Gasteiger partial charge in [0.05, 0.1) is 11.0 Å². The number of nitrogens with zero attached hydrogens (tertiary/aromatic N) is 1. The second kappa shape index (κ2) is 8.51. The number of amides is 1. The summed E-state index contributed by atoms with van der Waals surface area (Å²) >= 11 is 0. The highest BCUT2D eigenvalue weighted by molar-refractivity contribution is 7.89. The third-order valence-corrected chi connectivity index (χ3v) is 7.62. The van der Waals surface area contributed by atoms with Crippen LogP contribution < -0.4 is 5.32 Å². The number of carbonyl (C=O) groups is 1. The van der Waals surface area contributed by atoms with E-state index in [1.807, 2.05) is 12.1 Å². The van der Waals surface area contributed by atoms with Gasteiger partial charge in [0.15, 0.2) is 0 Å². The Morgan fingerprint density at radius 1 is 1.14 bits per heavy atom. The fourth-order valence-corrected chi connectivity index (χ4v) is 5.27. The fourth-order valence-electron chi connectivity index (χ4n) is 3.80. The van der Waals surface area contributed by atoms with E-state index in [1.165, 1.54) is 4.31 Å². The molecular weight excluding hydrogens is 376 g/mol. The molecule has 1 aromatic carbocycles. The van der Waals surface area contributed by atoms with Crippen LogP contribution in [0.4, 0.5) is 0 Å². The smallest absolute Gasteiger partial charge is 0.243 e. The molecule has 0 saturated carbocycles. The molecule has 6 nitrogen and oxygen atoms in total. The molecule has 2 fully saturated rings. The summed E-state index contributed by atoms with van der Waals surface area (Å²) in [7, 11) is -3.52. The van der Waals surface area contributed by atoms with Crippen LogP contribution in [-0.4, -0.2) is 51.0 Å². The Morgan fingerprint density at radius 3 is 2.32 bits per heavy atom. The lowest BCUT2D eigenvalue weighted by Crippen LogP contribution is -2.44. The van der Waals surface area contributed by atoms with E-state index in [-0.39, 0.29) is 23.3 Å². The lowest BCUT2D eigenvalue weighted by Gasteiger charge is -2.31. The van der Waals surface area contributed by atoms with Crippen LogP contribution in [0.1, 0.15) is 52.0 Å². The van der Waals surface area contributed by atoms with Crippen LogP contribution in [0.5, 0.6) is 0 Å². The van der Waals surface area contributed by atoms with Gasteiger partial charge >= 0.3 is 0 Å². The molecule has 28 heavy (non-hydrogen) atoms. The molecule has 0 unspecified atom stereocenters. The maximum Gasteiger partial charge on any atom is 0.243 e. The minimum atomic E-state index is -3.52. The van der Waals surface area contributed by atoms with Crippen LogP contribution >= 0.6 is 0 Å². The summed E-state index contributed by atoms with van der Waals surface area (Å²) in [6, 6.07) is 7.16. The molecule has 0 radical (unpaired) electrons. The van der Waals surface area contributed by atoms with Crippen molar-refractivity contribution in [3.8, 4) is 0 Å². The molecule has 0 bridgehead atoms. The second-order valence-electron chi connectivity index (χ2n) is 8.83.